The molecule has 176 valence electrons. The van der Waals surface area contributed by atoms with Crippen LogP contribution in [0, 0.1) is 33.8 Å². The van der Waals surface area contributed by atoms with E-state index in [9.17, 15) is 32.9 Å². The number of nitro benzene ring substituents is 1. The Morgan fingerprint density at radius 1 is 1.15 bits per heavy atom. The zero-order valence-electron chi connectivity index (χ0n) is 17.5. The number of aromatic nitrogens is 1. The van der Waals surface area contributed by atoms with Crippen LogP contribution < -0.4 is 5.32 Å². The summed E-state index contributed by atoms with van der Waals surface area (Å²) in [6.07, 6.45) is 5.78. The van der Waals surface area contributed by atoms with Gasteiger partial charge < -0.3 is 5.32 Å². The smallest absolute Gasteiger partial charge is 0.269 e. The molecule has 1 N–H and O–H groups in total. The topological polar surface area (TPSA) is 157 Å². The fourth-order valence-corrected chi connectivity index (χ4v) is 7.33. The summed E-state index contributed by atoms with van der Waals surface area (Å²) in [5.74, 6) is -1.43. The van der Waals surface area contributed by atoms with Gasteiger partial charge in [-0.25, -0.2) is 13.4 Å². The molecule has 5 rings (SSSR count). The number of hydrogen-bond acceptors (Lipinski definition) is 9. The molecule has 0 radical (unpaired) electrons. The second-order valence-electron chi connectivity index (χ2n) is 8.37. The Morgan fingerprint density at radius 2 is 1.76 bits per heavy atom. The van der Waals surface area contributed by atoms with Crippen molar-refractivity contribution >= 4 is 49.7 Å². The van der Waals surface area contributed by atoms with E-state index in [0.717, 1.165) is 53.1 Å². The number of amides is 3. The van der Waals surface area contributed by atoms with Crippen molar-refractivity contribution in [3.05, 3.63) is 52.7 Å². The average Bonchev–Trinajstić information content (AvgIpc) is 3.58. The van der Waals surface area contributed by atoms with Crippen molar-refractivity contribution in [3.63, 3.8) is 0 Å². The first-order valence-corrected chi connectivity index (χ1v) is 12.8. The van der Waals surface area contributed by atoms with E-state index in [1.165, 1.54) is 0 Å². The molecule has 1 saturated carbocycles. The van der Waals surface area contributed by atoms with E-state index in [0.29, 0.717) is 0 Å². The van der Waals surface area contributed by atoms with Crippen molar-refractivity contribution in [1.29, 1.82) is 0 Å². The number of imide groups is 1. The number of hydrogen-bond donors (Lipinski definition) is 1. The van der Waals surface area contributed by atoms with Gasteiger partial charge in [0.15, 0.2) is 5.13 Å². The maximum absolute atomic E-state index is 12.7. The number of rotatable bonds is 7. The lowest BCUT2D eigenvalue weighted by Gasteiger charge is -2.16. The Hall–Kier alpha value is -3.45. The highest BCUT2D eigenvalue weighted by molar-refractivity contribution is 7.93. The van der Waals surface area contributed by atoms with Crippen LogP contribution in [-0.2, 0) is 24.2 Å². The number of anilines is 1. The van der Waals surface area contributed by atoms with Gasteiger partial charge in [-0.2, -0.15) is 0 Å². The molecule has 0 spiro atoms. The first-order chi connectivity index (χ1) is 16.2. The van der Waals surface area contributed by atoms with Gasteiger partial charge >= 0.3 is 0 Å². The number of likely N-dealkylation sites (tertiary alicyclic amines) is 1. The Bertz CT molecular complexity index is 1320. The highest BCUT2D eigenvalue weighted by atomic mass is 32.2. The number of sulfone groups is 1. The molecule has 13 heteroatoms. The van der Waals surface area contributed by atoms with Crippen molar-refractivity contribution in [1.82, 2.24) is 9.88 Å². The van der Waals surface area contributed by atoms with Crippen LogP contribution in [0.4, 0.5) is 10.8 Å². The largest absolute Gasteiger partial charge is 0.302 e. The number of carbonyl (C=O) groups excluding carboxylic acids is 3. The molecule has 2 heterocycles. The quantitative estimate of drug-likeness (QED) is 0.261. The first-order valence-electron chi connectivity index (χ1n) is 10.5. The summed E-state index contributed by atoms with van der Waals surface area (Å²) in [6.45, 7) is -0.0464. The van der Waals surface area contributed by atoms with Gasteiger partial charge in [-0.05, 0) is 30.4 Å². The third-order valence-corrected chi connectivity index (χ3v) is 9.62. The van der Waals surface area contributed by atoms with E-state index < -0.39 is 20.7 Å². The van der Waals surface area contributed by atoms with Gasteiger partial charge in [-0.1, -0.05) is 23.5 Å². The van der Waals surface area contributed by atoms with E-state index in [1.54, 1.807) is 0 Å². The second kappa shape index (κ2) is 8.09. The molecule has 4 atom stereocenters. The molecule has 3 amide bonds. The predicted molar refractivity (Wildman–Crippen MR) is 118 cm³/mol. The van der Waals surface area contributed by atoms with E-state index in [4.69, 9.17) is 0 Å². The van der Waals surface area contributed by atoms with Gasteiger partial charge in [-0.15, -0.1) is 0 Å². The minimum Gasteiger partial charge on any atom is -0.302 e. The van der Waals surface area contributed by atoms with Crippen molar-refractivity contribution in [2.45, 2.75) is 21.9 Å². The predicted octanol–water partition coefficient (Wildman–Crippen LogP) is 2.02. The van der Waals surface area contributed by atoms with Crippen molar-refractivity contribution in [3.8, 4) is 0 Å². The summed E-state index contributed by atoms with van der Waals surface area (Å²) >= 11 is 0.734. The highest BCUT2D eigenvalue weighted by Gasteiger charge is 2.59. The van der Waals surface area contributed by atoms with Crippen LogP contribution in [0.5, 0.6) is 0 Å². The molecule has 1 aromatic carbocycles. The summed E-state index contributed by atoms with van der Waals surface area (Å²) in [4.78, 5) is 52.8. The zero-order valence-corrected chi connectivity index (χ0v) is 19.1. The Labute approximate surface area is 197 Å². The maximum atomic E-state index is 12.7. The van der Waals surface area contributed by atoms with Crippen molar-refractivity contribution in [2.75, 3.05) is 11.9 Å². The van der Waals surface area contributed by atoms with E-state index in [-0.39, 0.29) is 68.4 Å². The van der Waals surface area contributed by atoms with Crippen LogP contribution in [0.2, 0.25) is 0 Å². The van der Waals surface area contributed by atoms with Crippen LogP contribution in [0.1, 0.15) is 12.8 Å². The van der Waals surface area contributed by atoms with E-state index in [1.807, 2.05) is 12.2 Å². The van der Waals surface area contributed by atoms with Crippen molar-refractivity contribution < 1.29 is 27.7 Å². The molecule has 34 heavy (non-hydrogen) atoms. The average molecular weight is 503 g/mol. The summed E-state index contributed by atoms with van der Waals surface area (Å²) in [7, 11) is -3.97. The number of benzene rings is 1. The Morgan fingerprint density at radius 3 is 2.35 bits per heavy atom. The van der Waals surface area contributed by atoms with Crippen LogP contribution in [0.15, 0.2) is 51.7 Å². The fraction of sp³-hybridized carbons (Fsp3) is 0.333. The van der Waals surface area contributed by atoms with Gasteiger partial charge in [0.2, 0.25) is 27.6 Å². The number of nitrogens with one attached hydrogen (secondary N) is 1. The minimum absolute atomic E-state index is 0.0451. The molecule has 2 aromatic rings. The normalized spacial score (nSPS) is 25.1. The molecule has 2 aliphatic carbocycles. The monoisotopic (exact) mass is 502 g/mol. The van der Waals surface area contributed by atoms with Crippen LogP contribution in [-0.4, -0.2) is 47.5 Å². The van der Waals surface area contributed by atoms with Gasteiger partial charge in [-0.3, -0.25) is 29.4 Å². The Kier molecular flexibility index (Phi) is 5.32. The third-order valence-electron chi connectivity index (χ3n) is 6.48. The zero-order chi connectivity index (χ0) is 24.2. The molecule has 1 aromatic heterocycles. The second-order valence-corrected chi connectivity index (χ2v) is 11.6. The van der Waals surface area contributed by atoms with Crippen LogP contribution in [0.3, 0.4) is 0 Å². The number of nitro groups is 1. The van der Waals surface area contributed by atoms with E-state index >= 15 is 0 Å². The van der Waals surface area contributed by atoms with Gasteiger partial charge in [0.05, 0.1) is 27.9 Å². The number of nitrogens with zero attached hydrogens (tertiary/aromatic N) is 3. The molecule has 1 aliphatic heterocycles. The number of non-ortho nitro benzene ring substituents is 1. The van der Waals surface area contributed by atoms with Gasteiger partial charge in [0.25, 0.3) is 5.69 Å². The standard InChI is InChI=1S/C21H18N4O7S2/c26-15(7-8-24-19(27)17-11-1-2-12(9-11)18(17)20(24)28)23-21-22-10-16(33-21)34(31,32)14-5-3-13(4-6-14)25(29)30/h1-6,10-12,17-18H,7-9H2,(H,22,23,26)/t11-,12-,17-,18-/m0/s1. The lowest BCUT2D eigenvalue weighted by atomic mass is 9.85. The number of allylic oxidation sites excluding steroid dienone is 2. The van der Waals surface area contributed by atoms with E-state index in [2.05, 4.69) is 10.3 Å². The minimum atomic E-state index is -3.97. The number of carbonyl (C=O) groups is 3. The maximum Gasteiger partial charge on any atom is 0.269 e. The van der Waals surface area contributed by atoms with Crippen molar-refractivity contribution in [2.24, 2.45) is 23.7 Å². The van der Waals surface area contributed by atoms with Crippen LogP contribution in [0.25, 0.3) is 0 Å². The molecular weight excluding hydrogens is 484 g/mol. The highest BCUT2D eigenvalue weighted by Crippen LogP contribution is 2.52. The Balaban J connectivity index is 1.20. The van der Waals surface area contributed by atoms with Gasteiger partial charge in [0, 0.05) is 25.1 Å². The van der Waals surface area contributed by atoms with Crippen LogP contribution >= 0.6 is 11.3 Å². The third kappa shape index (κ3) is 3.60. The molecular formula is C21H18N4O7S2. The van der Waals surface area contributed by atoms with Gasteiger partial charge in [0.1, 0.15) is 4.21 Å². The molecule has 0 unspecified atom stereocenters. The summed E-state index contributed by atoms with van der Waals surface area (Å²) < 4.78 is 25.3. The molecule has 1 saturated heterocycles. The summed E-state index contributed by atoms with van der Waals surface area (Å²) in [5, 5.41) is 13.3. The SMILES string of the molecule is O=C(CCN1C(=O)[C@@H]2[C@@H](C1=O)[C@H]1C=C[C@H]2C1)Nc1ncc(S(=O)(=O)c2ccc([N+](=O)[O-])cc2)s1. The summed E-state index contributed by atoms with van der Waals surface area (Å²) in [6, 6.07) is 4.44. The lowest BCUT2D eigenvalue weighted by molar-refractivity contribution is -0.384. The number of thiazole rings is 1. The molecule has 11 nitrogen and oxygen atoms in total. The summed E-state index contributed by atoms with van der Waals surface area (Å²) in [5.41, 5.74) is -0.237. The molecule has 3 aliphatic rings. The molecule has 2 bridgehead atoms. The first kappa shape index (κ1) is 22.3. The molecule has 2 fully saturated rings. The fourth-order valence-electron chi connectivity index (χ4n) is 4.88. The number of fused-ring (bicyclic) bond motifs is 5. The lowest BCUT2D eigenvalue weighted by Crippen LogP contribution is -2.35.